The summed E-state index contributed by atoms with van der Waals surface area (Å²) >= 11 is 3.20. The normalized spacial score (nSPS) is 11.5. The molecule has 0 fully saturated rings. The van der Waals surface area contributed by atoms with E-state index in [2.05, 4.69) is 21.0 Å². The molecule has 0 spiro atoms. The number of carboxylic acids is 1. The molecule has 0 aliphatic rings. The Labute approximate surface area is 117 Å². The molecule has 0 atom stereocenters. The van der Waals surface area contributed by atoms with Crippen LogP contribution >= 0.6 is 15.9 Å². The van der Waals surface area contributed by atoms with E-state index in [0.717, 1.165) is 6.26 Å². The fraction of sp³-hybridized carbons (Fsp3) is 0.0909. The van der Waals surface area contributed by atoms with Gasteiger partial charge < -0.3 is 5.11 Å². The monoisotopic (exact) mass is 344 g/mol. The van der Waals surface area contributed by atoms with Gasteiger partial charge >= 0.3 is 5.97 Å². The SMILES string of the molecule is CS(=O)(=O)c1cnn(-c2cc(Br)cc(C(=O)O)c2)c1. The highest BCUT2D eigenvalue weighted by Gasteiger charge is 2.12. The average Bonchev–Trinajstić information content (AvgIpc) is 2.76. The molecule has 0 saturated carbocycles. The molecule has 0 saturated heterocycles. The van der Waals surface area contributed by atoms with Gasteiger partial charge in [-0.2, -0.15) is 5.10 Å². The van der Waals surface area contributed by atoms with Crippen LogP contribution in [0.1, 0.15) is 10.4 Å². The van der Waals surface area contributed by atoms with Crippen LogP contribution in [0.15, 0.2) is 40.0 Å². The van der Waals surface area contributed by atoms with E-state index in [1.54, 1.807) is 6.07 Å². The summed E-state index contributed by atoms with van der Waals surface area (Å²) in [5.41, 5.74) is 0.544. The highest BCUT2D eigenvalue weighted by molar-refractivity contribution is 9.10. The average molecular weight is 345 g/mol. The Morgan fingerprint density at radius 3 is 2.58 bits per heavy atom. The van der Waals surface area contributed by atoms with Crippen LogP contribution in [0.2, 0.25) is 0 Å². The van der Waals surface area contributed by atoms with Crippen molar-refractivity contribution < 1.29 is 18.3 Å². The molecule has 0 unspecified atom stereocenters. The van der Waals surface area contributed by atoms with Crippen LogP contribution in [0.25, 0.3) is 5.69 Å². The smallest absolute Gasteiger partial charge is 0.335 e. The molecule has 1 heterocycles. The lowest BCUT2D eigenvalue weighted by Crippen LogP contribution is -2.01. The number of hydrogen-bond acceptors (Lipinski definition) is 4. The summed E-state index contributed by atoms with van der Waals surface area (Å²) in [7, 11) is -3.34. The third kappa shape index (κ3) is 3.02. The Kier molecular flexibility index (Phi) is 3.46. The van der Waals surface area contributed by atoms with Gasteiger partial charge in [-0.05, 0) is 18.2 Å². The zero-order valence-electron chi connectivity index (χ0n) is 9.74. The lowest BCUT2D eigenvalue weighted by molar-refractivity contribution is 0.0696. The van der Waals surface area contributed by atoms with Crippen molar-refractivity contribution in [2.75, 3.05) is 6.26 Å². The molecule has 0 aliphatic carbocycles. The summed E-state index contributed by atoms with van der Waals surface area (Å²) in [6.45, 7) is 0. The van der Waals surface area contributed by atoms with E-state index in [9.17, 15) is 13.2 Å². The fourth-order valence-corrected chi connectivity index (χ4v) is 2.48. The molecule has 8 heteroatoms. The Bertz CT molecular complexity index is 752. The van der Waals surface area contributed by atoms with Crippen molar-refractivity contribution in [1.29, 1.82) is 0 Å². The lowest BCUT2D eigenvalue weighted by Gasteiger charge is -2.04. The molecule has 0 amide bonds. The van der Waals surface area contributed by atoms with Crippen molar-refractivity contribution in [3.63, 3.8) is 0 Å². The van der Waals surface area contributed by atoms with E-state index in [-0.39, 0.29) is 10.5 Å². The van der Waals surface area contributed by atoms with Crippen LogP contribution in [0.4, 0.5) is 0 Å². The third-order valence-electron chi connectivity index (χ3n) is 2.38. The number of halogens is 1. The van der Waals surface area contributed by atoms with Crippen LogP contribution in [-0.4, -0.2) is 35.5 Å². The topological polar surface area (TPSA) is 89.3 Å². The lowest BCUT2D eigenvalue weighted by atomic mass is 10.2. The standard InChI is InChI=1S/C11H9BrN2O4S/c1-19(17,18)10-5-13-14(6-10)9-3-7(11(15)16)2-8(12)4-9/h2-6H,1H3,(H,15,16). The molecular weight excluding hydrogens is 336 g/mol. The van der Waals surface area contributed by atoms with Gasteiger partial charge in [0.1, 0.15) is 4.90 Å². The number of nitrogens with zero attached hydrogens (tertiary/aromatic N) is 2. The van der Waals surface area contributed by atoms with Crippen molar-refractivity contribution in [2.45, 2.75) is 4.90 Å². The Hall–Kier alpha value is -1.67. The molecule has 1 N–H and O–H groups in total. The quantitative estimate of drug-likeness (QED) is 0.915. The van der Waals surface area contributed by atoms with Crippen LogP contribution in [0, 0.1) is 0 Å². The predicted octanol–water partition coefficient (Wildman–Crippen LogP) is 1.74. The number of carboxylic acid groups (broad SMARTS) is 1. The number of hydrogen-bond donors (Lipinski definition) is 1. The highest BCUT2D eigenvalue weighted by atomic mass is 79.9. The summed E-state index contributed by atoms with van der Waals surface area (Å²) < 4.78 is 24.6. The molecule has 6 nitrogen and oxygen atoms in total. The van der Waals surface area contributed by atoms with Gasteiger partial charge in [0.05, 0.1) is 17.4 Å². The minimum atomic E-state index is -3.34. The number of aromatic carboxylic acids is 1. The summed E-state index contributed by atoms with van der Waals surface area (Å²) in [4.78, 5) is 11.0. The number of aromatic nitrogens is 2. The van der Waals surface area contributed by atoms with Crippen molar-refractivity contribution in [2.24, 2.45) is 0 Å². The molecule has 19 heavy (non-hydrogen) atoms. The second-order valence-electron chi connectivity index (χ2n) is 3.90. The summed E-state index contributed by atoms with van der Waals surface area (Å²) in [5.74, 6) is -1.07. The largest absolute Gasteiger partial charge is 0.478 e. The zero-order valence-corrected chi connectivity index (χ0v) is 12.1. The number of carbonyl (C=O) groups is 1. The zero-order chi connectivity index (χ0) is 14.2. The molecule has 2 aromatic rings. The van der Waals surface area contributed by atoms with E-state index in [4.69, 9.17) is 5.11 Å². The summed E-state index contributed by atoms with van der Waals surface area (Å²) in [6, 6.07) is 4.50. The maximum Gasteiger partial charge on any atom is 0.335 e. The van der Waals surface area contributed by atoms with E-state index in [1.165, 1.54) is 29.2 Å². The minimum absolute atomic E-state index is 0.0735. The van der Waals surface area contributed by atoms with Gasteiger partial charge in [0.15, 0.2) is 9.84 Å². The van der Waals surface area contributed by atoms with Crippen LogP contribution in [0.3, 0.4) is 0 Å². The maximum absolute atomic E-state index is 11.4. The van der Waals surface area contributed by atoms with E-state index in [1.807, 2.05) is 0 Å². The first kappa shape index (κ1) is 13.8. The molecule has 1 aromatic heterocycles. The van der Waals surface area contributed by atoms with Gasteiger partial charge in [-0.1, -0.05) is 15.9 Å². The van der Waals surface area contributed by atoms with Gasteiger partial charge in [0.25, 0.3) is 0 Å². The Morgan fingerprint density at radius 2 is 2.05 bits per heavy atom. The van der Waals surface area contributed by atoms with Gasteiger partial charge in [-0.25, -0.2) is 17.9 Å². The molecule has 0 bridgehead atoms. The molecule has 0 radical (unpaired) electrons. The van der Waals surface area contributed by atoms with Crippen LogP contribution in [0.5, 0.6) is 0 Å². The Balaban J connectivity index is 2.53. The van der Waals surface area contributed by atoms with Gasteiger partial charge in [0, 0.05) is 16.9 Å². The third-order valence-corrected chi connectivity index (χ3v) is 3.91. The Morgan fingerprint density at radius 1 is 1.37 bits per heavy atom. The fourth-order valence-electron chi connectivity index (χ4n) is 1.47. The van der Waals surface area contributed by atoms with E-state index >= 15 is 0 Å². The molecule has 1 aromatic carbocycles. The van der Waals surface area contributed by atoms with Crippen molar-refractivity contribution >= 4 is 31.7 Å². The molecule has 100 valence electrons. The predicted molar refractivity (Wildman–Crippen MR) is 71.3 cm³/mol. The highest BCUT2D eigenvalue weighted by Crippen LogP contribution is 2.20. The van der Waals surface area contributed by atoms with Crippen molar-refractivity contribution in [3.8, 4) is 5.69 Å². The number of benzene rings is 1. The van der Waals surface area contributed by atoms with Gasteiger partial charge in [0.2, 0.25) is 0 Å². The molecular formula is C11H9BrN2O4S. The number of rotatable bonds is 3. The first-order valence-corrected chi connectivity index (χ1v) is 7.75. The van der Waals surface area contributed by atoms with E-state index < -0.39 is 15.8 Å². The summed E-state index contributed by atoms with van der Waals surface area (Å²) in [5, 5.41) is 12.9. The number of sulfone groups is 1. The van der Waals surface area contributed by atoms with Crippen molar-refractivity contribution in [3.05, 3.63) is 40.6 Å². The van der Waals surface area contributed by atoms with Crippen LogP contribution < -0.4 is 0 Å². The van der Waals surface area contributed by atoms with Crippen LogP contribution in [-0.2, 0) is 9.84 Å². The minimum Gasteiger partial charge on any atom is -0.478 e. The van der Waals surface area contributed by atoms with E-state index in [0.29, 0.717) is 10.2 Å². The first-order valence-electron chi connectivity index (χ1n) is 5.06. The maximum atomic E-state index is 11.4. The van der Waals surface area contributed by atoms with Crippen molar-refractivity contribution in [1.82, 2.24) is 9.78 Å². The second-order valence-corrected chi connectivity index (χ2v) is 6.83. The molecule has 0 aliphatic heterocycles. The summed E-state index contributed by atoms with van der Waals surface area (Å²) in [6.07, 6.45) is 3.64. The van der Waals surface area contributed by atoms with Gasteiger partial charge in [-0.15, -0.1) is 0 Å². The second kappa shape index (κ2) is 4.78. The molecule has 2 rings (SSSR count). The van der Waals surface area contributed by atoms with Gasteiger partial charge in [-0.3, -0.25) is 0 Å². The first-order chi connectivity index (χ1) is 8.77.